The first-order valence-corrected chi connectivity index (χ1v) is 8.74. The second-order valence-electron chi connectivity index (χ2n) is 7.66. The Kier molecular flexibility index (Phi) is 4.51. The maximum absolute atomic E-state index is 9.16. The van der Waals surface area contributed by atoms with Crippen LogP contribution in [0.1, 0.15) is 46.1 Å². The number of benzene rings is 2. The first-order chi connectivity index (χ1) is 11.4. The van der Waals surface area contributed by atoms with Crippen LogP contribution in [-0.2, 0) is 0 Å². The molecule has 2 aromatic carbocycles. The van der Waals surface area contributed by atoms with Gasteiger partial charge in [0.1, 0.15) is 0 Å². The van der Waals surface area contributed by atoms with Gasteiger partial charge in [0.15, 0.2) is 0 Å². The van der Waals surface area contributed by atoms with Gasteiger partial charge in [-0.25, -0.2) is 0 Å². The number of hydrogen-bond acceptors (Lipinski definition) is 2. The zero-order valence-electron chi connectivity index (χ0n) is 15.1. The molecule has 3 rings (SSSR count). The van der Waals surface area contributed by atoms with Crippen LogP contribution < -0.4 is 15.8 Å². The summed E-state index contributed by atoms with van der Waals surface area (Å²) in [5.41, 5.74) is 3.81. The summed E-state index contributed by atoms with van der Waals surface area (Å²) < 4.78 is 0. The number of aliphatic hydroxyl groups is 1. The SMILES string of the molecule is CC(CCCO)=c1ccc2c(c1NC(C)(C)C)C=c1ccccc1=2. The summed E-state index contributed by atoms with van der Waals surface area (Å²) in [5.74, 6) is 0. The maximum atomic E-state index is 9.16. The molecule has 2 N–H and O–H groups in total. The van der Waals surface area contributed by atoms with E-state index in [2.05, 4.69) is 75.5 Å². The van der Waals surface area contributed by atoms with Gasteiger partial charge in [-0.3, -0.25) is 0 Å². The van der Waals surface area contributed by atoms with E-state index in [0.717, 1.165) is 12.8 Å². The molecule has 0 unspecified atom stereocenters. The topological polar surface area (TPSA) is 32.3 Å². The van der Waals surface area contributed by atoms with Gasteiger partial charge in [0.05, 0.1) is 0 Å². The second kappa shape index (κ2) is 6.45. The van der Waals surface area contributed by atoms with Gasteiger partial charge < -0.3 is 10.4 Å². The van der Waals surface area contributed by atoms with Crippen LogP contribution in [0.4, 0.5) is 5.69 Å². The average molecular weight is 321 g/mol. The van der Waals surface area contributed by atoms with Crippen molar-refractivity contribution >= 4 is 17.3 Å². The standard InChI is InChI=1S/C22H27NO/c1-15(8-7-13-24)17-11-12-19-18-10-6-5-9-16(18)14-20(19)21(17)23-22(2,3)4/h5-6,9-12,14,23-24H,7-8,13H2,1-4H3. The van der Waals surface area contributed by atoms with Gasteiger partial charge in [-0.05, 0) is 67.5 Å². The molecule has 0 fully saturated rings. The van der Waals surface area contributed by atoms with E-state index in [1.807, 2.05) is 0 Å². The van der Waals surface area contributed by atoms with Crippen LogP contribution in [0, 0.1) is 10.4 Å². The highest BCUT2D eigenvalue weighted by atomic mass is 16.2. The molecular formula is C22H27NO. The molecule has 2 nitrogen and oxygen atoms in total. The number of nitrogens with one attached hydrogen (secondary N) is 1. The predicted octanol–water partition coefficient (Wildman–Crippen LogP) is 3.27. The number of aliphatic hydroxyl groups excluding tert-OH is 1. The molecule has 0 saturated carbocycles. The highest BCUT2D eigenvalue weighted by Crippen LogP contribution is 2.22. The van der Waals surface area contributed by atoms with Crippen molar-refractivity contribution in [1.82, 2.24) is 0 Å². The van der Waals surface area contributed by atoms with Gasteiger partial charge in [-0.15, -0.1) is 0 Å². The zero-order chi connectivity index (χ0) is 17.3. The molecule has 0 atom stereocenters. The zero-order valence-corrected chi connectivity index (χ0v) is 15.1. The van der Waals surface area contributed by atoms with E-state index in [9.17, 15) is 0 Å². The molecule has 0 aliphatic heterocycles. The molecule has 0 heterocycles. The molecule has 126 valence electrons. The summed E-state index contributed by atoms with van der Waals surface area (Å²) in [4.78, 5) is 0. The lowest BCUT2D eigenvalue weighted by Gasteiger charge is -2.24. The van der Waals surface area contributed by atoms with Crippen molar-refractivity contribution in [2.75, 3.05) is 11.9 Å². The fourth-order valence-corrected chi connectivity index (χ4v) is 3.37. The van der Waals surface area contributed by atoms with Crippen LogP contribution in [0.25, 0.3) is 11.6 Å². The smallest absolute Gasteiger partial charge is 0.0497 e. The lowest BCUT2D eigenvalue weighted by molar-refractivity contribution is 0.290. The van der Waals surface area contributed by atoms with Crippen LogP contribution in [0.3, 0.4) is 0 Å². The van der Waals surface area contributed by atoms with Crippen molar-refractivity contribution in [2.45, 2.75) is 46.1 Å². The van der Waals surface area contributed by atoms with Crippen LogP contribution in [0.5, 0.6) is 0 Å². The number of rotatable bonds is 4. The molecule has 0 spiro atoms. The van der Waals surface area contributed by atoms with E-state index in [1.54, 1.807) is 0 Å². The minimum absolute atomic E-state index is 0.0102. The largest absolute Gasteiger partial charge is 0.396 e. The first-order valence-electron chi connectivity index (χ1n) is 8.74. The Morgan fingerprint density at radius 2 is 1.79 bits per heavy atom. The summed E-state index contributed by atoms with van der Waals surface area (Å²) in [7, 11) is 0. The summed E-state index contributed by atoms with van der Waals surface area (Å²) >= 11 is 0. The van der Waals surface area contributed by atoms with Crippen molar-refractivity contribution in [3.8, 4) is 0 Å². The third kappa shape index (κ3) is 3.25. The Morgan fingerprint density at radius 3 is 2.50 bits per heavy atom. The lowest BCUT2D eigenvalue weighted by Crippen LogP contribution is -2.30. The first kappa shape index (κ1) is 16.8. The summed E-state index contributed by atoms with van der Waals surface area (Å²) in [6.07, 6.45) is 4.02. The van der Waals surface area contributed by atoms with E-state index in [-0.39, 0.29) is 12.1 Å². The van der Waals surface area contributed by atoms with Crippen molar-refractivity contribution in [2.24, 2.45) is 0 Å². The van der Waals surface area contributed by atoms with Crippen molar-refractivity contribution in [3.63, 3.8) is 0 Å². The summed E-state index contributed by atoms with van der Waals surface area (Å²) in [6.45, 7) is 9.00. The number of fused-ring (bicyclic) bond motifs is 2. The van der Waals surface area contributed by atoms with Gasteiger partial charge in [0.2, 0.25) is 0 Å². The molecule has 24 heavy (non-hydrogen) atoms. The summed E-state index contributed by atoms with van der Waals surface area (Å²) in [5, 5.41) is 18.0. The number of hydrogen-bond donors (Lipinski definition) is 2. The fourth-order valence-electron chi connectivity index (χ4n) is 3.37. The summed E-state index contributed by atoms with van der Waals surface area (Å²) in [6, 6.07) is 13.0. The van der Waals surface area contributed by atoms with E-state index >= 15 is 0 Å². The molecule has 0 radical (unpaired) electrons. The molecule has 0 aromatic heterocycles. The van der Waals surface area contributed by atoms with Crippen LogP contribution >= 0.6 is 0 Å². The Labute approximate surface area is 143 Å². The maximum Gasteiger partial charge on any atom is 0.0497 e. The molecule has 0 bridgehead atoms. The fraction of sp³-hybridized carbons (Fsp3) is 0.364. The Hall–Kier alpha value is -2.06. The highest BCUT2D eigenvalue weighted by molar-refractivity contribution is 5.73. The highest BCUT2D eigenvalue weighted by Gasteiger charge is 2.16. The molecule has 0 amide bonds. The molecule has 0 saturated heterocycles. The van der Waals surface area contributed by atoms with E-state index in [1.165, 1.54) is 37.7 Å². The number of anilines is 1. The minimum Gasteiger partial charge on any atom is -0.396 e. The van der Waals surface area contributed by atoms with Gasteiger partial charge in [-0.1, -0.05) is 42.0 Å². The van der Waals surface area contributed by atoms with Crippen LogP contribution in [0.2, 0.25) is 0 Å². The predicted molar refractivity (Wildman–Crippen MR) is 102 cm³/mol. The van der Waals surface area contributed by atoms with E-state index in [4.69, 9.17) is 5.11 Å². The van der Waals surface area contributed by atoms with Gasteiger partial charge >= 0.3 is 0 Å². The third-order valence-corrected chi connectivity index (χ3v) is 4.47. The van der Waals surface area contributed by atoms with Crippen molar-refractivity contribution in [1.29, 1.82) is 0 Å². The average Bonchev–Trinajstić information content (AvgIpc) is 2.91. The molecule has 1 aliphatic carbocycles. The monoisotopic (exact) mass is 321 g/mol. The van der Waals surface area contributed by atoms with Gasteiger partial charge in [-0.2, -0.15) is 0 Å². The van der Waals surface area contributed by atoms with Crippen molar-refractivity contribution < 1.29 is 5.11 Å². The molecular weight excluding hydrogens is 294 g/mol. The van der Waals surface area contributed by atoms with E-state index in [0.29, 0.717) is 0 Å². The lowest BCUT2D eigenvalue weighted by atomic mass is 10.00. The van der Waals surface area contributed by atoms with Gasteiger partial charge in [0.25, 0.3) is 0 Å². The Balaban J connectivity index is 2.32. The van der Waals surface area contributed by atoms with E-state index < -0.39 is 0 Å². The second-order valence-corrected chi connectivity index (χ2v) is 7.66. The quantitative estimate of drug-likeness (QED) is 0.773. The normalized spacial score (nSPS) is 13.9. The Bertz CT molecular complexity index is 964. The third-order valence-electron chi connectivity index (χ3n) is 4.47. The molecule has 1 aliphatic rings. The van der Waals surface area contributed by atoms with Gasteiger partial charge in [0, 0.05) is 23.4 Å². The van der Waals surface area contributed by atoms with Crippen LogP contribution in [-0.4, -0.2) is 17.3 Å². The minimum atomic E-state index is -0.0102. The molecule has 2 aromatic rings. The van der Waals surface area contributed by atoms with Crippen LogP contribution in [0.15, 0.2) is 36.4 Å². The molecule has 2 heteroatoms. The Morgan fingerprint density at radius 1 is 1.04 bits per heavy atom. The van der Waals surface area contributed by atoms with Crippen molar-refractivity contribution in [3.05, 3.63) is 62.8 Å².